The van der Waals surface area contributed by atoms with E-state index in [2.05, 4.69) is 24.3 Å². The van der Waals surface area contributed by atoms with Crippen LogP contribution >= 0.6 is 17.2 Å². The first-order valence-corrected chi connectivity index (χ1v) is 20.6. The van der Waals surface area contributed by atoms with E-state index in [0.29, 0.717) is 40.1 Å². The molecule has 0 amide bonds. The van der Waals surface area contributed by atoms with Crippen LogP contribution in [0.25, 0.3) is 43.1 Å². The molecule has 9 aromatic rings. The Morgan fingerprint density at radius 1 is 0.333 bits per heavy atom. The highest BCUT2D eigenvalue weighted by atomic mass is 31.2. The van der Waals surface area contributed by atoms with Gasteiger partial charge in [0.05, 0.1) is 13.7 Å². The van der Waals surface area contributed by atoms with Crippen LogP contribution in [-0.2, 0) is 11.1 Å². The van der Waals surface area contributed by atoms with E-state index in [0.717, 1.165) is 43.1 Å². The fourth-order valence-electron chi connectivity index (χ4n) is 6.69. The van der Waals surface area contributed by atoms with Gasteiger partial charge in [-0.1, -0.05) is 158 Å². The Labute approximate surface area is 332 Å². The maximum Gasteiger partial charge on any atom is 0.530 e. The topological polar surface area (TPSA) is 64.6 Å². The predicted octanol–water partition coefficient (Wildman–Crippen LogP) is 14.0. The first-order valence-electron chi connectivity index (χ1n) is 18.4. The number of benzene rings is 9. The van der Waals surface area contributed by atoms with Gasteiger partial charge in [-0.05, 0) is 51.9 Å². The first kappa shape index (κ1) is 36.3. The molecular formula is C48H36O7P2. The summed E-state index contributed by atoms with van der Waals surface area (Å²) in [5.41, 5.74) is 0.681. The monoisotopic (exact) mass is 786 g/mol. The molecular weight excluding hydrogens is 750 g/mol. The number of para-hydroxylation sites is 1. The van der Waals surface area contributed by atoms with Crippen molar-refractivity contribution in [1.29, 1.82) is 0 Å². The normalized spacial score (nSPS) is 11.4. The van der Waals surface area contributed by atoms with Gasteiger partial charge in [-0.25, -0.2) is 0 Å². The Hall–Kier alpha value is -6.36. The zero-order chi connectivity index (χ0) is 38.4. The molecule has 0 saturated carbocycles. The van der Waals surface area contributed by atoms with Gasteiger partial charge in [0, 0.05) is 27.1 Å². The van der Waals surface area contributed by atoms with Crippen LogP contribution in [-0.4, -0.2) is 7.11 Å². The third kappa shape index (κ3) is 8.00. The Balaban J connectivity index is 1.06. The molecule has 9 rings (SSSR count). The smallest absolute Gasteiger partial charge is 0.493 e. The van der Waals surface area contributed by atoms with Crippen LogP contribution in [0, 0.1) is 0 Å². The highest BCUT2D eigenvalue weighted by Gasteiger charge is 2.27. The van der Waals surface area contributed by atoms with Crippen LogP contribution in [0.1, 0.15) is 5.56 Å². The van der Waals surface area contributed by atoms with Crippen molar-refractivity contribution in [1.82, 2.24) is 0 Å². The quantitative estimate of drug-likeness (QED) is 0.102. The molecule has 0 bridgehead atoms. The largest absolute Gasteiger partial charge is 0.530 e. The van der Waals surface area contributed by atoms with Crippen LogP contribution in [0.4, 0.5) is 0 Å². The van der Waals surface area contributed by atoms with E-state index in [-0.39, 0.29) is 6.61 Å². The Kier molecular flexibility index (Phi) is 10.7. The molecule has 0 fully saturated rings. The fraction of sp³-hybridized carbons (Fsp3) is 0.0417. The first-order chi connectivity index (χ1) is 28.2. The zero-order valence-electron chi connectivity index (χ0n) is 30.9. The minimum Gasteiger partial charge on any atom is -0.493 e. The number of fused-ring (bicyclic) bond motifs is 4. The molecule has 0 atom stereocenters. The van der Waals surface area contributed by atoms with Gasteiger partial charge in [-0.15, -0.1) is 0 Å². The molecule has 9 heteroatoms. The lowest BCUT2D eigenvalue weighted by atomic mass is 10.1. The molecule has 0 saturated heterocycles. The summed E-state index contributed by atoms with van der Waals surface area (Å²) in [6.45, 7) is 0.0550. The second kappa shape index (κ2) is 16.8. The molecule has 57 heavy (non-hydrogen) atoms. The van der Waals surface area contributed by atoms with E-state index < -0.39 is 17.2 Å². The average molecular weight is 787 g/mol. The van der Waals surface area contributed by atoms with Crippen molar-refractivity contribution in [2.45, 2.75) is 6.61 Å². The SMILES string of the molecule is COc1cccc(COP(Oc2cccc3ccccc23)Oc2cccc3ccccc23)c1OP(Oc1cccc2ccccc12)Oc1cccc2ccccc12. The van der Waals surface area contributed by atoms with Crippen molar-refractivity contribution in [2.24, 2.45) is 0 Å². The second-order valence-corrected chi connectivity index (χ2v) is 15.1. The van der Waals surface area contributed by atoms with E-state index in [4.69, 9.17) is 31.9 Å². The van der Waals surface area contributed by atoms with Crippen LogP contribution in [0.5, 0.6) is 34.5 Å². The molecule has 280 valence electrons. The Morgan fingerprint density at radius 3 is 1.07 bits per heavy atom. The summed E-state index contributed by atoms with van der Waals surface area (Å²) in [5, 5.41) is 7.92. The second-order valence-electron chi connectivity index (χ2n) is 13.0. The van der Waals surface area contributed by atoms with Gasteiger partial charge >= 0.3 is 17.2 Å². The van der Waals surface area contributed by atoms with E-state index in [1.54, 1.807) is 7.11 Å². The molecule has 0 aliphatic heterocycles. The van der Waals surface area contributed by atoms with Gasteiger partial charge in [0.2, 0.25) is 0 Å². The van der Waals surface area contributed by atoms with Gasteiger partial charge in [0.1, 0.15) is 23.0 Å². The van der Waals surface area contributed by atoms with E-state index >= 15 is 0 Å². The molecule has 0 aliphatic carbocycles. The molecule has 0 unspecified atom stereocenters. The maximum absolute atomic E-state index is 6.80. The summed E-state index contributed by atoms with van der Waals surface area (Å²) in [6, 6.07) is 61.6. The third-order valence-electron chi connectivity index (χ3n) is 9.46. The van der Waals surface area contributed by atoms with Crippen molar-refractivity contribution in [3.05, 3.63) is 194 Å². The van der Waals surface area contributed by atoms with Crippen LogP contribution in [0.2, 0.25) is 0 Å². The number of hydrogen-bond donors (Lipinski definition) is 0. The van der Waals surface area contributed by atoms with E-state index in [1.807, 2.05) is 164 Å². The summed E-state index contributed by atoms with van der Waals surface area (Å²) in [4.78, 5) is 0. The lowest BCUT2D eigenvalue weighted by molar-refractivity contribution is 0.253. The standard InChI is InChI=1S/C48H36O7P2/c1-49-47-32-14-23-38(33-50-56(51-43-28-10-19-34-15-2-6-24-39(34)43)52-44-29-11-20-35-16-3-7-25-40(35)44)48(47)55-57(53-45-30-12-21-36-17-4-8-26-41(36)45)54-46-31-13-22-37-18-5-9-27-42(37)46/h2-32H,33H2,1H3. The molecule has 0 N–H and O–H groups in total. The van der Waals surface area contributed by atoms with Crippen molar-refractivity contribution >= 4 is 60.3 Å². The minimum absolute atomic E-state index is 0.0550. The highest BCUT2D eigenvalue weighted by Crippen LogP contribution is 2.51. The van der Waals surface area contributed by atoms with Crippen molar-refractivity contribution in [3.63, 3.8) is 0 Å². The fourth-order valence-corrected chi connectivity index (χ4v) is 8.82. The van der Waals surface area contributed by atoms with Gasteiger partial charge in [-0.3, -0.25) is 4.52 Å². The summed E-state index contributed by atoms with van der Waals surface area (Å²) >= 11 is 0. The molecule has 0 aromatic heterocycles. The van der Waals surface area contributed by atoms with Crippen molar-refractivity contribution in [2.75, 3.05) is 7.11 Å². The van der Waals surface area contributed by atoms with Gasteiger partial charge in [-0.2, -0.15) is 0 Å². The van der Waals surface area contributed by atoms with E-state index in [1.165, 1.54) is 0 Å². The van der Waals surface area contributed by atoms with Gasteiger partial charge in [0.25, 0.3) is 0 Å². The molecule has 9 aromatic carbocycles. The Morgan fingerprint density at radius 2 is 0.667 bits per heavy atom. The van der Waals surface area contributed by atoms with Crippen LogP contribution in [0.15, 0.2) is 188 Å². The summed E-state index contributed by atoms with van der Waals surface area (Å²) in [6.07, 6.45) is 0. The third-order valence-corrected chi connectivity index (χ3v) is 11.5. The molecule has 0 aliphatic rings. The molecule has 7 nitrogen and oxygen atoms in total. The Bertz CT molecular complexity index is 2650. The summed E-state index contributed by atoms with van der Waals surface area (Å²) in [7, 11) is -2.51. The highest BCUT2D eigenvalue weighted by molar-refractivity contribution is 7.43. The van der Waals surface area contributed by atoms with Crippen LogP contribution in [0.3, 0.4) is 0 Å². The number of methoxy groups -OCH3 is 1. The van der Waals surface area contributed by atoms with Crippen LogP contribution < -0.4 is 27.4 Å². The van der Waals surface area contributed by atoms with Gasteiger partial charge < -0.3 is 27.4 Å². The lowest BCUT2D eigenvalue weighted by Crippen LogP contribution is -2.07. The summed E-state index contributed by atoms with van der Waals surface area (Å²) in [5.74, 6) is 3.46. The number of ether oxygens (including phenoxy) is 1. The predicted molar refractivity (Wildman–Crippen MR) is 231 cm³/mol. The zero-order valence-corrected chi connectivity index (χ0v) is 32.6. The van der Waals surface area contributed by atoms with E-state index in [9.17, 15) is 0 Å². The minimum atomic E-state index is -2.11. The average Bonchev–Trinajstić information content (AvgIpc) is 3.26. The summed E-state index contributed by atoms with van der Waals surface area (Å²) < 4.78 is 45.9. The lowest BCUT2D eigenvalue weighted by Gasteiger charge is -2.23. The number of rotatable bonds is 14. The van der Waals surface area contributed by atoms with Crippen molar-refractivity contribution in [3.8, 4) is 34.5 Å². The maximum atomic E-state index is 6.80. The number of hydrogen-bond acceptors (Lipinski definition) is 7. The molecule has 0 heterocycles. The van der Waals surface area contributed by atoms with Crippen molar-refractivity contribution < 1.29 is 31.9 Å². The van der Waals surface area contributed by atoms with Gasteiger partial charge in [0.15, 0.2) is 11.5 Å². The molecule has 0 spiro atoms. The molecule has 0 radical (unpaired) electrons.